The first-order chi connectivity index (χ1) is 10.8. The van der Waals surface area contributed by atoms with E-state index in [1.807, 2.05) is 29.2 Å². The number of aromatic nitrogens is 1. The summed E-state index contributed by atoms with van der Waals surface area (Å²) in [5.41, 5.74) is 4.04. The zero-order chi connectivity index (χ0) is 14.9. The Morgan fingerprint density at radius 1 is 1.14 bits per heavy atom. The first-order valence-corrected chi connectivity index (χ1v) is 8.25. The van der Waals surface area contributed by atoms with Crippen molar-refractivity contribution in [3.63, 3.8) is 0 Å². The SMILES string of the molecule is O=C(c1c2c(nc3ccccc13)CCNC2)N1CCCCC1. The van der Waals surface area contributed by atoms with Crippen molar-refractivity contribution in [2.45, 2.75) is 32.2 Å². The molecule has 1 aromatic carbocycles. The molecule has 0 spiro atoms. The number of fused-ring (bicyclic) bond motifs is 2. The van der Waals surface area contributed by atoms with Crippen molar-refractivity contribution >= 4 is 16.8 Å². The molecule has 0 unspecified atom stereocenters. The largest absolute Gasteiger partial charge is 0.339 e. The summed E-state index contributed by atoms with van der Waals surface area (Å²) in [6.45, 7) is 3.47. The summed E-state index contributed by atoms with van der Waals surface area (Å²) in [4.78, 5) is 20.0. The van der Waals surface area contributed by atoms with Crippen LogP contribution in [0.15, 0.2) is 24.3 Å². The number of hydrogen-bond donors (Lipinski definition) is 1. The van der Waals surface area contributed by atoms with Gasteiger partial charge in [-0.25, -0.2) is 0 Å². The number of carbonyl (C=O) groups excluding carboxylic acids is 1. The van der Waals surface area contributed by atoms with Crippen LogP contribution in [0, 0.1) is 0 Å². The normalized spacial score (nSPS) is 18.3. The van der Waals surface area contributed by atoms with Gasteiger partial charge in [-0.05, 0) is 25.3 Å². The molecule has 4 nitrogen and oxygen atoms in total. The van der Waals surface area contributed by atoms with Gasteiger partial charge in [0.2, 0.25) is 0 Å². The van der Waals surface area contributed by atoms with E-state index in [-0.39, 0.29) is 5.91 Å². The molecule has 2 aliphatic rings. The van der Waals surface area contributed by atoms with E-state index in [1.165, 1.54) is 6.42 Å². The number of benzene rings is 1. The zero-order valence-corrected chi connectivity index (χ0v) is 12.8. The average Bonchev–Trinajstić information content (AvgIpc) is 2.60. The molecule has 0 atom stereocenters. The molecule has 0 aliphatic carbocycles. The molecular formula is C18H21N3O. The zero-order valence-electron chi connectivity index (χ0n) is 12.8. The highest BCUT2D eigenvalue weighted by atomic mass is 16.2. The molecule has 1 amide bonds. The molecule has 1 aromatic heterocycles. The van der Waals surface area contributed by atoms with Crippen molar-refractivity contribution in [3.8, 4) is 0 Å². The molecule has 114 valence electrons. The summed E-state index contributed by atoms with van der Waals surface area (Å²) in [5.74, 6) is 0.193. The van der Waals surface area contributed by atoms with Crippen LogP contribution in [0.5, 0.6) is 0 Å². The molecule has 3 heterocycles. The van der Waals surface area contributed by atoms with Crippen LogP contribution < -0.4 is 5.32 Å². The summed E-state index contributed by atoms with van der Waals surface area (Å²) in [6.07, 6.45) is 4.38. The van der Waals surface area contributed by atoms with Gasteiger partial charge in [0.05, 0.1) is 11.1 Å². The second-order valence-electron chi connectivity index (χ2n) is 6.21. The fourth-order valence-electron chi connectivity index (χ4n) is 3.62. The fraction of sp³-hybridized carbons (Fsp3) is 0.444. The molecule has 4 heteroatoms. The van der Waals surface area contributed by atoms with Crippen LogP contribution in [0.2, 0.25) is 0 Å². The first-order valence-electron chi connectivity index (χ1n) is 8.25. The van der Waals surface area contributed by atoms with E-state index in [0.717, 1.165) is 73.2 Å². The van der Waals surface area contributed by atoms with E-state index in [0.29, 0.717) is 0 Å². The number of amides is 1. The smallest absolute Gasteiger partial charge is 0.254 e. The molecule has 2 aromatic rings. The van der Waals surface area contributed by atoms with Gasteiger partial charge in [-0.15, -0.1) is 0 Å². The van der Waals surface area contributed by atoms with Gasteiger partial charge < -0.3 is 10.2 Å². The van der Waals surface area contributed by atoms with Crippen LogP contribution in [-0.2, 0) is 13.0 Å². The maximum Gasteiger partial charge on any atom is 0.254 e. The van der Waals surface area contributed by atoms with Crippen molar-refractivity contribution in [2.24, 2.45) is 0 Å². The number of nitrogens with zero attached hydrogens (tertiary/aromatic N) is 2. The lowest BCUT2D eigenvalue weighted by Gasteiger charge is -2.29. The molecule has 4 rings (SSSR count). The molecule has 0 radical (unpaired) electrons. The summed E-state index contributed by atoms with van der Waals surface area (Å²) in [7, 11) is 0. The van der Waals surface area contributed by atoms with E-state index in [9.17, 15) is 4.79 Å². The van der Waals surface area contributed by atoms with Crippen molar-refractivity contribution in [1.29, 1.82) is 0 Å². The van der Waals surface area contributed by atoms with Crippen molar-refractivity contribution < 1.29 is 4.79 Å². The van der Waals surface area contributed by atoms with E-state index >= 15 is 0 Å². The summed E-state index contributed by atoms with van der Waals surface area (Å²) in [5, 5.41) is 4.39. The Morgan fingerprint density at radius 2 is 1.95 bits per heavy atom. The topological polar surface area (TPSA) is 45.2 Å². The first kappa shape index (κ1) is 13.7. The Bertz CT molecular complexity index is 720. The van der Waals surface area contributed by atoms with Gasteiger partial charge in [0.25, 0.3) is 5.91 Å². The van der Waals surface area contributed by atoms with Gasteiger partial charge in [-0.2, -0.15) is 0 Å². The van der Waals surface area contributed by atoms with Crippen LogP contribution in [0.1, 0.15) is 40.9 Å². The maximum atomic E-state index is 13.2. The van der Waals surface area contributed by atoms with Crippen LogP contribution in [-0.4, -0.2) is 35.4 Å². The van der Waals surface area contributed by atoms with E-state index in [4.69, 9.17) is 4.98 Å². The minimum absolute atomic E-state index is 0.193. The van der Waals surface area contributed by atoms with Gasteiger partial charge in [0.15, 0.2) is 0 Å². The Kier molecular flexibility index (Phi) is 3.54. The minimum atomic E-state index is 0.193. The molecule has 2 aliphatic heterocycles. The molecule has 0 saturated carbocycles. The van der Waals surface area contributed by atoms with Crippen LogP contribution in [0.4, 0.5) is 0 Å². The molecule has 1 saturated heterocycles. The average molecular weight is 295 g/mol. The number of para-hydroxylation sites is 1. The Balaban J connectivity index is 1.88. The predicted octanol–water partition coefficient (Wildman–Crippen LogP) is 2.51. The van der Waals surface area contributed by atoms with Gasteiger partial charge in [-0.3, -0.25) is 9.78 Å². The third kappa shape index (κ3) is 2.28. The molecule has 1 fully saturated rings. The van der Waals surface area contributed by atoms with Gasteiger partial charge in [0.1, 0.15) is 0 Å². The summed E-state index contributed by atoms with van der Waals surface area (Å²) in [6, 6.07) is 8.05. The quantitative estimate of drug-likeness (QED) is 0.879. The predicted molar refractivity (Wildman–Crippen MR) is 86.9 cm³/mol. The third-order valence-corrected chi connectivity index (χ3v) is 4.78. The van der Waals surface area contributed by atoms with Gasteiger partial charge >= 0.3 is 0 Å². The molecule has 1 N–H and O–H groups in total. The van der Waals surface area contributed by atoms with E-state index < -0.39 is 0 Å². The molecule has 22 heavy (non-hydrogen) atoms. The highest BCUT2D eigenvalue weighted by molar-refractivity contribution is 6.07. The standard InChI is InChI=1S/C18H21N3O/c22-18(21-10-4-1-5-11-21)17-13-6-2-3-7-15(13)20-16-8-9-19-12-14(16)17/h2-3,6-7,19H,1,4-5,8-12H2. The highest BCUT2D eigenvalue weighted by Crippen LogP contribution is 2.27. The summed E-state index contributed by atoms with van der Waals surface area (Å²) >= 11 is 0. The van der Waals surface area contributed by atoms with Gasteiger partial charge in [-0.1, -0.05) is 18.2 Å². The van der Waals surface area contributed by atoms with E-state index in [1.54, 1.807) is 0 Å². The van der Waals surface area contributed by atoms with Crippen molar-refractivity contribution in [2.75, 3.05) is 19.6 Å². The lowest BCUT2D eigenvalue weighted by Crippen LogP contribution is -2.37. The Morgan fingerprint density at radius 3 is 2.82 bits per heavy atom. The number of carbonyl (C=O) groups is 1. The monoisotopic (exact) mass is 295 g/mol. The fourth-order valence-corrected chi connectivity index (χ4v) is 3.62. The van der Waals surface area contributed by atoms with Crippen LogP contribution in [0.25, 0.3) is 10.9 Å². The lowest BCUT2D eigenvalue weighted by molar-refractivity contribution is 0.0724. The number of piperidine rings is 1. The highest BCUT2D eigenvalue weighted by Gasteiger charge is 2.26. The number of likely N-dealkylation sites (tertiary alicyclic amines) is 1. The molecular weight excluding hydrogens is 274 g/mol. The second-order valence-corrected chi connectivity index (χ2v) is 6.21. The van der Waals surface area contributed by atoms with Gasteiger partial charge in [0, 0.05) is 49.2 Å². The molecule has 0 bridgehead atoms. The maximum absolute atomic E-state index is 13.2. The Labute approximate surface area is 130 Å². The lowest BCUT2D eigenvalue weighted by atomic mass is 9.95. The van der Waals surface area contributed by atoms with Crippen molar-refractivity contribution in [3.05, 3.63) is 41.1 Å². The van der Waals surface area contributed by atoms with Crippen LogP contribution >= 0.6 is 0 Å². The van der Waals surface area contributed by atoms with Crippen molar-refractivity contribution in [1.82, 2.24) is 15.2 Å². The van der Waals surface area contributed by atoms with E-state index in [2.05, 4.69) is 5.32 Å². The Hall–Kier alpha value is -1.94. The number of hydrogen-bond acceptors (Lipinski definition) is 3. The second kappa shape index (κ2) is 5.69. The number of pyridine rings is 1. The minimum Gasteiger partial charge on any atom is -0.339 e. The summed E-state index contributed by atoms with van der Waals surface area (Å²) < 4.78 is 0. The van der Waals surface area contributed by atoms with Crippen LogP contribution in [0.3, 0.4) is 0 Å². The number of rotatable bonds is 1. The number of nitrogens with one attached hydrogen (secondary N) is 1. The third-order valence-electron chi connectivity index (χ3n) is 4.78.